The Morgan fingerprint density at radius 3 is 3.14 bits per heavy atom. The maximum absolute atomic E-state index is 8.36. The van der Waals surface area contributed by atoms with Crippen LogP contribution in [0.15, 0.2) is 27.3 Å². The van der Waals surface area contributed by atoms with E-state index in [1.54, 1.807) is 18.4 Å². The zero-order valence-electron chi connectivity index (χ0n) is 7.30. The molecule has 2 aromatic heterocycles. The van der Waals surface area contributed by atoms with Crippen molar-refractivity contribution in [2.24, 2.45) is 0 Å². The zero-order chi connectivity index (χ0) is 9.80. The van der Waals surface area contributed by atoms with Gasteiger partial charge in [-0.2, -0.15) is 10.2 Å². The second-order valence-corrected chi connectivity index (χ2v) is 2.65. The largest absolute Gasteiger partial charge is 0.461 e. The second-order valence-electron chi connectivity index (χ2n) is 2.65. The fraction of sp³-hybridized carbons (Fsp3) is 0.222. The van der Waals surface area contributed by atoms with Crippen LogP contribution in [0.25, 0.3) is 11.6 Å². The van der Waals surface area contributed by atoms with Crippen LogP contribution in [-0.4, -0.2) is 10.1 Å². The van der Waals surface area contributed by atoms with E-state index < -0.39 is 0 Å². The Bertz CT molecular complexity index is 439. The molecule has 5 nitrogen and oxygen atoms in total. The molecule has 0 spiro atoms. The summed E-state index contributed by atoms with van der Waals surface area (Å²) in [5, 5.41) is 12.1. The molecule has 2 rings (SSSR count). The van der Waals surface area contributed by atoms with Gasteiger partial charge in [0.05, 0.1) is 12.3 Å². The van der Waals surface area contributed by atoms with Gasteiger partial charge in [-0.15, -0.1) is 0 Å². The van der Waals surface area contributed by atoms with Crippen molar-refractivity contribution in [3.8, 4) is 17.7 Å². The monoisotopic (exact) mass is 189 g/mol. The molecule has 70 valence electrons. The molecule has 2 heterocycles. The first kappa shape index (κ1) is 8.51. The molecular weight excluding hydrogens is 182 g/mol. The van der Waals surface area contributed by atoms with Crippen LogP contribution in [0.3, 0.4) is 0 Å². The first-order valence-electron chi connectivity index (χ1n) is 4.13. The first-order chi connectivity index (χ1) is 6.90. The van der Waals surface area contributed by atoms with E-state index in [1.807, 2.05) is 6.07 Å². The number of hydrogen-bond donors (Lipinski definition) is 0. The summed E-state index contributed by atoms with van der Waals surface area (Å²) < 4.78 is 10.0. The molecule has 0 bridgehead atoms. The fourth-order valence-electron chi connectivity index (χ4n) is 1.03. The van der Waals surface area contributed by atoms with Crippen molar-refractivity contribution >= 4 is 0 Å². The Morgan fingerprint density at radius 2 is 2.43 bits per heavy atom. The molecular formula is C9H7N3O2. The molecule has 2 aromatic rings. The lowest BCUT2D eigenvalue weighted by Gasteiger charge is -1.83. The van der Waals surface area contributed by atoms with Gasteiger partial charge in [-0.1, -0.05) is 5.16 Å². The summed E-state index contributed by atoms with van der Waals surface area (Å²) in [5.74, 6) is 1.44. The van der Waals surface area contributed by atoms with E-state index in [0.29, 0.717) is 30.3 Å². The highest BCUT2D eigenvalue weighted by molar-refractivity contribution is 5.44. The summed E-state index contributed by atoms with van der Waals surface area (Å²) in [6.45, 7) is 0. The maximum Gasteiger partial charge on any atom is 0.238 e. The van der Waals surface area contributed by atoms with E-state index >= 15 is 0 Å². The molecule has 0 aliphatic rings. The minimum atomic E-state index is 0.375. The predicted octanol–water partition coefficient (Wildman–Crippen LogP) is 1.79. The number of rotatable bonds is 3. The molecule has 0 saturated carbocycles. The van der Waals surface area contributed by atoms with E-state index in [1.165, 1.54) is 0 Å². The molecule has 0 aromatic carbocycles. The standard InChI is InChI=1S/C9H7N3O2/c10-5-1-4-8-11-9(12-14-8)7-3-2-6-13-7/h2-3,6H,1,4H2. The number of hydrogen-bond acceptors (Lipinski definition) is 5. The SMILES string of the molecule is N#CCCc1nc(-c2ccco2)no1. The summed E-state index contributed by atoms with van der Waals surface area (Å²) in [7, 11) is 0. The van der Waals surface area contributed by atoms with Gasteiger partial charge in [-0.25, -0.2) is 0 Å². The molecule has 0 radical (unpaired) electrons. The average molecular weight is 189 g/mol. The van der Waals surface area contributed by atoms with Crippen LogP contribution in [0.4, 0.5) is 0 Å². The van der Waals surface area contributed by atoms with Gasteiger partial charge in [0.25, 0.3) is 0 Å². The van der Waals surface area contributed by atoms with Crippen LogP contribution in [0.5, 0.6) is 0 Å². The normalized spacial score (nSPS) is 9.93. The highest BCUT2D eigenvalue weighted by atomic mass is 16.5. The Morgan fingerprint density at radius 1 is 1.50 bits per heavy atom. The lowest BCUT2D eigenvalue weighted by molar-refractivity contribution is 0.378. The molecule has 0 N–H and O–H groups in total. The Balaban J connectivity index is 2.15. The third-order valence-electron chi connectivity index (χ3n) is 1.66. The molecule has 0 fully saturated rings. The van der Waals surface area contributed by atoms with Crippen molar-refractivity contribution in [2.75, 3.05) is 0 Å². The number of aryl methyl sites for hydroxylation is 1. The number of aromatic nitrogens is 2. The third-order valence-corrected chi connectivity index (χ3v) is 1.66. The maximum atomic E-state index is 8.36. The molecule has 0 aliphatic carbocycles. The van der Waals surface area contributed by atoms with Crippen molar-refractivity contribution in [1.29, 1.82) is 5.26 Å². The number of nitriles is 1. The highest BCUT2D eigenvalue weighted by Gasteiger charge is 2.09. The number of furan rings is 1. The smallest absolute Gasteiger partial charge is 0.238 e. The quantitative estimate of drug-likeness (QED) is 0.735. The Labute approximate surface area is 80.0 Å². The van der Waals surface area contributed by atoms with Gasteiger partial charge in [0.2, 0.25) is 11.7 Å². The predicted molar refractivity (Wildman–Crippen MR) is 45.9 cm³/mol. The molecule has 5 heteroatoms. The summed E-state index contributed by atoms with van der Waals surface area (Å²) in [6.07, 6.45) is 2.39. The molecule has 0 aliphatic heterocycles. The summed E-state index contributed by atoms with van der Waals surface area (Å²) in [6, 6.07) is 5.51. The van der Waals surface area contributed by atoms with Crippen LogP contribution >= 0.6 is 0 Å². The fourth-order valence-corrected chi connectivity index (χ4v) is 1.03. The van der Waals surface area contributed by atoms with Crippen LogP contribution in [0.2, 0.25) is 0 Å². The van der Waals surface area contributed by atoms with E-state index in [-0.39, 0.29) is 0 Å². The van der Waals surface area contributed by atoms with Gasteiger partial charge in [0, 0.05) is 12.8 Å². The van der Waals surface area contributed by atoms with E-state index in [9.17, 15) is 0 Å². The minimum Gasteiger partial charge on any atom is -0.461 e. The Hall–Kier alpha value is -2.09. The van der Waals surface area contributed by atoms with Crippen LogP contribution in [0.1, 0.15) is 12.3 Å². The zero-order valence-corrected chi connectivity index (χ0v) is 7.30. The first-order valence-corrected chi connectivity index (χ1v) is 4.13. The third kappa shape index (κ3) is 1.64. The van der Waals surface area contributed by atoms with Crippen molar-refractivity contribution in [1.82, 2.24) is 10.1 Å². The van der Waals surface area contributed by atoms with E-state index in [2.05, 4.69) is 10.1 Å². The lowest BCUT2D eigenvalue weighted by Crippen LogP contribution is -1.83. The van der Waals surface area contributed by atoms with E-state index in [4.69, 9.17) is 14.2 Å². The van der Waals surface area contributed by atoms with Gasteiger partial charge in [-0.3, -0.25) is 0 Å². The van der Waals surface area contributed by atoms with Crippen molar-refractivity contribution in [3.05, 3.63) is 24.3 Å². The molecule has 0 atom stereocenters. The highest BCUT2D eigenvalue weighted by Crippen LogP contribution is 2.15. The van der Waals surface area contributed by atoms with Gasteiger partial charge in [-0.05, 0) is 12.1 Å². The molecule has 0 amide bonds. The second kappa shape index (κ2) is 3.75. The van der Waals surface area contributed by atoms with Gasteiger partial charge >= 0.3 is 0 Å². The van der Waals surface area contributed by atoms with Crippen LogP contribution in [0, 0.1) is 11.3 Å². The summed E-state index contributed by atoms with van der Waals surface area (Å²) >= 11 is 0. The number of nitrogens with zero attached hydrogens (tertiary/aromatic N) is 3. The van der Waals surface area contributed by atoms with Crippen molar-refractivity contribution < 1.29 is 8.94 Å². The van der Waals surface area contributed by atoms with Gasteiger partial charge in [0.15, 0.2) is 5.76 Å². The average Bonchev–Trinajstić information content (AvgIpc) is 2.85. The molecule has 0 saturated heterocycles. The minimum absolute atomic E-state index is 0.375. The molecule has 14 heavy (non-hydrogen) atoms. The van der Waals surface area contributed by atoms with Gasteiger partial charge < -0.3 is 8.94 Å². The van der Waals surface area contributed by atoms with Crippen molar-refractivity contribution in [3.63, 3.8) is 0 Å². The van der Waals surface area contributed by atoms with E-state index in [0.717, 1.165) is 0 Å². The topological polar surface area (TPSA) is 75.8 Å². The Kier molecular flexibility index (Phi) is 2.28. The van der Waals surface area contributed by atoms with Crippen LogP contribution < -0.4 is 0 Å². The molecule has 0 unspecified atom stereocenters. The van der Waals surface area contributed by atoms with Crippen LogP contribution in [-0.2, 0) is 6.42 Å². The lowest BCUT2D eigenvalue weighted by atomic mass is 10.3. The van der Waals surface area contributed by atoms with Crippen molar-refractivity contribution in [2.45, 2.75) is 12.8 Å². The summed E-state index contributed by atoms with van der Waals surface area (Å²) in [4.78, 5) is 4.07. The van der Waals surface area contributed by atoms with Gasteiger partial charge in [0.1, 0.15) is 0 Å². The summed E-state index contributed by atoms with van der Waals surface area (Å²) in [5.41, 5.74) is 0.